The van der Waals surface area contributed by atoms with Crippen molar-refractivity contribution in [1.29, 1.82) is 0 Å². The minimum Gasteiger partial charge on any atom is -0.497 e. The van der Waals surface area contributed by atoms with Gasteiger partial charge in [-0.05, 0) is 66.2 Å². The molecule has 15 heteroatoms. The van der Waals surface area contributed by atoms with E-state index >= 15 is 0 Å². The number of thioether (sulfide) groups is 1. The second kappa shape index (κ2) is 21.8. The van der Waals surface area contributed by atoms with Gasteiger partial charge in [0.25, 0.3) is 0 Å². The van der Waals surface area contributed by atoms with Crippen molar-refractivity contribution < 1.29 is 66.9 Å². The SMILES string of the molecule is COc1ccc(CS[C@H]2[C@H](OC[C@H]3O[C@H](OC)[C@@H](OC(=O)c4ccccc4)[C@@H](OC(=O)c4ccccc4)[C@@H]3OC(=O)c3ccccc3)O[C@H](COC(=O)c3ccccc3)[C@@H]2O)cc1. The first kappa shape index (κ1) is 45.0. The zero-order valence-electron chi connectivity index (χ0n) is 34.3. The van der Waals surface area contributed by atoms with Crippen molar-refractivity contribution in [3.63, 3.8) is 0 Å². The van der Waals surface area contributed by atoms with Gasteiger partial charge in [-0.25, -0.2) is 19.2 Å². The molecule has 0 radical (unpaired) electrons. The highest BCUT2D eigenvalue weighted by Gasteiger charge is 2.54. The highest BCUT2D eigenvalue weighted by molar-refractivity contribution is 7.99. The molecule has 0 aromatic heterocycles. The molecule has 0 bridgehead atoms. The molecule has 63 heavy (non-hydrogen) atoms. The summed E-state index contributed by atoms with van der Waals surface area (Å²) >= 11 is 1.35. The fourth-order valence-electron chi connectivity index (χ4n) is 6.97. The third-order valence-corrected chi connectivity index (χ3v) is 11.7. The van der Waals surface area contributed by atoms with Crippen molar-refractivity contribution in [1.82, 2.24) is 0 Å². The second-order valence-corrected chi connectivity index (χ2v) is 15.6. The van der Waals surface area contributed by atoms with Crippen molar-refractivity contribution in [2.45, 2.75) is 60.2 Å². The van der Waals surface area contributed by atoms with Crippen molar-refractivity contribution in [3.8, 4) is 5.75 Å². The predicted octanol–water partition coefficient (Wildman–Crippen LogP) is 6.30. The van der Waals surface area contributed by atoms with Gasteiger partial charge in [-0.1, -0.05) is 84.9 Å². The van der Waals surface area contributed by atoms with Crippen LogP contribution in [0.15, 0.2) is 146 Å². The van der Waals surface area contributed by atoms with Crippen molar-refractivity contribution >= 4 is 35.6 Å². The van der Waals surface area contributed by atoms with E-state index in [1.54, 1.807) is 128 Å². The Hall–Kier alpha value is -6.07. The van der Waals surface area contributed by atoms with Crippen LogP contribution in [0.25, 0.3) is 0 Å². The highest BCUT2D eigenvalue weighted by atomic mass is 32.2. The summed E-state index contributed by atoms with van der Waals surface area (Å²) in [5.74, 6) is -1.85. The molecule has 2 aliphatic heterocycles. The van der Waals surface area contributed by atoms with Crippen molar-refractivity contribution in [2.75, 3.05) is 27.4 Å². The van der Waals surface area contributed by atoms with Crippen LogP contribution in [0.3, 0.4) is 0 Å². The van der Waals surface area contributed by atoms with E-state index < -0.39 is 78.3 Å². The minimum atomic E-state index is -1.51. The van der Waals surface area contributed by atoms with Gasteiger partial charge in [-0.3, -0.25) is 0 Å². The molecule has 2 saturated heterocycles. The number of benzene rings is 5. The third kappa shape index (κ3) is 11.5. The molecule has 2 aliphatic rings. The van der Waals surface area contributed by atoms with E-state index in [1.807, 2.05) is 24.3 Å². The van der Waals surface area contributed by atoms with Gasteiger partial charge >= 0.3 is 23.9 Å². The maximum atomic E-state index is 13.8. The Morgan fingerprint density at radius 2 is 1.00 bits per heavy atom. The van der Waals surface area contributed by atoms with Crippen LogP contribution in [0.5, 0.6) is 5.75 Å². The van der Waals surface area contributed by atoms with E-state index in [9.17, 15) is 24.3 Å². The lowest BCUT2D eigenvalue weighted by atomic mass is 9.97. The molecule has 2 heterocycles. The average Bonchev–Trinajstić information content (AvgIpc) is 3.64. The van der Waals surface area contributed by atoms with Crippen LogP contribution < -0.4 is 4.74 Å². The Labute approximate surface area is 368 Å². The molecular formula is C48H46O14S. The van der Waals surface area contributed by atoms with Gasteiger partial charge in [0.1, 0.15) is 30.7 Å². The molecule has 0 aliphatic carbocycles. The van der Waals surface area contributed by atoms with E-state index in [2.05, 4.69) is 0 Å². The molecule has 7 rings (SSSR count). The molecule has 328 valence electrons. The monoisotopic (exact) mass is 878 g/mol. The Morgan fingerprint density at radius 1 is 0.540 bits per heavy atom. The Bertz CT molecular complexity index is 2250. The molecular weight excluding hydrogens is 833 g/mol. The number of aliphatic hydroxyl groups is 1. The van der Waals surface area contributed by atoms with Crippen LogP contribution >= 0.6 is 11.8 Å². The quantitative estimate of drug-likeness (QED) is 0.0814. The van der Waals surface area contributed by atoms with Gasteiger partial charge in [-0.2, -0.15) is 0 Å². The standard InChI is InChI=1S/C48H46O14S/c1-54-35-25-23-30(24-26-35)29-63-42-38(49)36(27-56-43(50)31-15-7-3-8-16-31)58-48(42)57-28-37-39(60-44(51)32-17-9-4-10-18-32)40(61-45(52)33-19-11-5-12-20-33)41(47(55-2)59-37)62-46(53)34-21-13-6-14-22-34/h3-26,36-42,47-49H,27-29H2,1-2H3/t36-,37-,38+,39-,40+,41+,42-,47+,48-/m1/s1. The maximum Gasteiger partial charge on any atom is 0.338 e. The van der Waals surface area contributed by atoms with Crippen LogP contribution in [-0.4, -0.2) is 111 Å². The Balaban J connectivity index is 1.17. The van der Waals surface area contributed by atoms with E-state index in [1.165, 1.54) is 18.9 Å². The van der Waals surface area contributed by atoms with E-state index in [0.29, 0.717) is 17.1 Å². The van der Waals surface area contributed by atoms with Crippen LogP contribution in [0.4, 0.5) is 0 Å². The first-order valence-corrected chi connectivity index (χ1v) is 21.2. The van der Waals surface area contributed by atoms with Crippen LogP contribution in [0, 0.1) is 0 Å². The number of ether oxygens (including phenoxy) is 9. The molecule has 0 saturated carbocycles. The van der Waals surface area contributed by atoms with E-state index in [0.717, 1.165) is 5.56 Å². The molecule has 1 N–H and O–H groups in total. The predicted molar refractivity (Wildman–Crippen MR) is 228 cm³/mol. The molecule has 14 nitrogen and oxygen atoms in total. The number of esters is 4. The number of rotatable bonds is 17. The van der Waals surface area contributed by atoms with E-state index in [-0.39, 0.29) is 29.9 Å². The zero-order valence-corrected chi connectivity index (χ0v) is 35.2. The lowest BCUT2D eigenvalue weighted by Crippen LogP contribution is -2.63. The molecule has 9 atom stereocenters. The molecule has 0 unspecified atom stereocenters. The number of hydrogen-bond donors (Lipinski definition) is 1. The lowest BCUT2D eigenvalue weighted by molar-refractivity contribution is -0.300. The highest BCUT2D eigenvalue weighted by Crippen LogP contribution is 2.37. The molecule has 5 aromatic rings. The molecule has 2 fully saturated rings. The van der Waals surface area contributed by atoms with Crippen LogP contribution in [0.2, 0.25) is 0 Å². The number of carbonyl (C=O) groups excluding carboxylic acids is 4. The van der Waals surface area contributed by atoms with Crippen molar-refractivity contribution in [2.24, 2.45) is 0 Å². The van der Waals surface area contributed by atoms with E-state index in [4.69, 9.17) is 42.6 Å². The Kier molecular flexibility index (Phi) is 15.6. The fourth-order valence-corrected chi connectivity index (χ4v) is 8.22. The average molecular weight is 879 g/mol. The first-order chi connectivity index (χ1) is 30.7. The molecule has 5 aromatic carbocycles. The largest absolute Gasteiger partial charge is 0.497 e. The summed E-state index contributed by atoms with van der Waals surface area (Å²) in [6.07, 6.45) is -10.3. The molecule has 0 spiro atoms. The number of carbonyl (C=O) groups is 4. The Morgan fingerprint density at radius 3 is 1.49 bits per heavy atom. The summed E-state index contributed by atoms with van der Waals surface area (Å²) in [5, 5.41) is 10.9. The van der Waals surface area contributed by atoms with Gasteiger partial charge in [0.15, 0.2) is 30.9 Å². The third-order valence-electron chi connectivity index (χ3n) is 10.3. The lowest BCUT2D eigenvalue weighted by Gasteiger charge is -2.44. The van der Waals surface area contributed by atoms with Gasteiger partial charge < -0.3 is 47.7 Å². The minimum absolute atomic E-state index is 0.177. The summed E-state index contributed by atoms with van der Waals surface area (Å²) in [6.45, 7) is -0.665. The smallest absolute Gasteiger partial charge is 0.338 e. The van der Waals surface area contributed by atoms with Gasteiger partial charge in [0.2, 0.25) is 0 Å². The zero-order chi connectivity index (χ0) is 44.1. The van der Waals surface area contributed by atoms with Gasteiger partial charge in [0, 0.05) is 12.9 Å². The first-order valence-electron chi connectivity index (χ1n) is 20.1. The number of hydrogen-bond acceptors (Lipinski definition) is 15. The summed E-state index contributed by atoms with van der Waals surface area (Å²) in [6, 6.07) is 40.3. The maximum absolute atomic E-state index is 13.8. The fraction of sp³-hybridized carbons (Fsp3) is 0.292. The summed E-state index contributed by atoms with van der Waals surface area (Å²) < 4.78 is 53.9. The van der Waals surface area contributed by atoms with Crippen molar-refractivity contribution in [3.05, 3.63) is 173 Å². The number of aliphatic hydroxyl groups excluding tert-OH is 1. The van der Waals surface area contributed by atoms with Crippen LogP contribution in [0.1, 0.15) is 47.0 Å². The van der Waals surface area contributed by atoms with Crippen LogP contribution in [-0.2, 0) is 43.6 Å². The summed E-state index contributed by atoms with van der Waals surface area (Å²) in [4.78, 5) is 54.1. The van der Waals surface area contributed by atoms with Gasteiger partial charge in [0.05, 0.1) is 41.2 Å². The summed E-state index contributed by atoms with van der Waals surface area (Å²) in [5.41, 5.74) is 1.81. The second-order valence-electron chi connectivity index (χ2n) is 14.4. The van der Waals surface area contributed by atoms with Gasteiger partial charge in [-0.15, -0.1) is 11.8 Å². The normalized spacial score (nSPS) is 24.1. The molecule has 0 amide bonds. The topological polar surface area (TPSA) is 172 Å². The number of methoxy groups -OCH3 is 2. The summed E-state index contributed by atoms with van der Waals surface area (Å²) in [7, 11) is 2.90.